The van der Waals surface area contributed by atoms with Crippen LogP contribution >= 0.6 is 0 Å². The normalized spacial score (nSPS) is 19.9. The lowest BCUT2D eigenvalue weighted by atomic mass is 10.00. The summed E-state index contributed by atoms with van der Waals surface area (Å²) < 4.78 is 5.26. The van der Waals surface area contributed by atoms with E-state index in [0.29, 0.717) is 18.3 Å². The second-order valence-corrected chi connectivity index (χ2v) is 5.22. The molecule has 118 valence electrons. The van der Waals surface area contributed by atoms with E-state index in [0.717, 1.165) is 19.7 Å². The number of rotatable bonds is 4. The Kier molecular flexibility index (Phi) is 5.68. The number of hydrogen-bond acceptors (Lipinski definition) is 4. The van der Waals surface area contributed by atoms with Crippen molar-refractivity contribution in [3.63, 3.8) is 0 Å². The van der Waals surface area contributed by atoms with Crippen molar-refractivity contribution in [2.75, 3.05) is 19.7 Å². The van der Waals surface area contributed by atoms with Gasteiger partial charge in [0.15, 0.2) is 0 Å². The molecule has 0 bridgehead atoms. The first-order valence-electron chi connectivity index (χ1n) is 7.09. The van der Waals surface area contributed by atoms with Crippen LogP contribution in [0.1, 0.15) is 11.1 Å². The summed E-state index contributed by atoms with van der Waals surface area (Å²) in [7, 11) is 0. The minimum atomic E-state index is -1.26. The molecule has 0 radical (unpaired) electrons. The quantitative estimate of drug-likeness (QED) is 0.641. The fraction of sp³-hybridized carbons (Fsp3) is 0.375. The molecule has 0 aromatic heterocycles. The van der Waals surface area contributed by atoms with Crippen LogP contribution in [0.15, 0.2) is 36.4 Å². The zero-order valence-electron chi connectivity index (χ0n) is 12.1. The van der Waals surface area contributed by atoms with Crippen LogP contribution in [0.25, 0.3) is 0 Å². The third-order valence-electron chi connectivity index (χ3n) is 3.44. The highest BCUT2D eigenvalue weighted by Crippen LogP contribution is 2.20. The molecule has 1 aromatic carbocycles. The van der Waals surface area contributed by atoms with Crippen molar-refractivity contribution >= 4 is 11.9 Å². The average Bonchev–Trinajstić information content (AvgIpc) is 3.30. The summed E-state index contributed by atoms with van der Waals surface area (Å²) in [5.74, 6) is -2.51. The second kappa shape index (κ2) is 7.72. The summed E-state index contributed by atoms with van der Waals surface area (Å²) in [4.78, 5) is 21.6. The topological polar surface area (TPSA) is 90.4 Å². The number of benzene rings is 1. The van der Waals surface area contributed by atoms with E-state index >= 15 is 0 Å². The number of nitrogens with zero attached hydrogens (tertiary/aromatic N) is 1. The number of hydrogen-bond donors (Lipinski definition) is 2. The van der Waals surface area contributed by atoms with Gasteiger partial charge in [0.1, 0.15) is 0 Å². The predicted molar refractivity (Wildman–Crippen MR) is 79.6 cm³/mol. The van der Waals surface area contributed by atoms with Crippen molar-refractivity contribution in [3.8, 4) is 0 Å². The molecule has 1 saturated heterocycles. The number of aliphatic carboxylic acids is 2. The van der Waals surface area contributed by atoms with Crippen LogP contribution in [0.3, 0.4) is 0 Å². The third-order valence-corrected chi connectivity index (χ3v) is 3.44. The zero-order valence-corrected chi connectivity index (χ0v) is 12.1. The highest BCUT2D eigenvalue weighted by atomic mass is 16.6. The van der Waals surface area contributed by atoms with Gasteiger partial charge in [-0.1, -0.05) is 24.3 Å². The molecule has 6 nitrogen and oxygen atoms in total. The summed E-state index contributed by atoms with van der Waals surface area (Å²) in [5, 5.41) is 15.6. The molecule has 1 atom stereocenters. The molecule has 1 aromatic rings. The van der Waals surface area contributed by atoms with E-state index < -0.39 is 11.9 Å². The van der Waals surface area contributed by atoms with Crippen molar-refractivity contribution in [1.82, 2.24) is 4.90 Å². The highest BCUT2D eigenvalue weighted by molar-refractivity contribution is 5.89. The lowest BCUT2D eigenvalue weighted by Crippen LogP contribution is -2.33. The Labute approximate surface area is 128 Å². The molecule has 2 aliphatic heterocycles. The van der Waals surface area contributed by atoms with Crippen molar-refractivity contribution in [3.05, 3.63) is 47.5 Å². The van der Waals surface area contributed by atoms with Gasteiger partial charge >= 0.3 is 11.9 Å². The predicted octanol–water partition coefficient (Wildman–Crippen LogP) is 1.16. The van der Waals surface area contributed by atoms with Crippen LogP contribution in [0.5, 0.6) is 0 Å². The van der Waals surface area contributed by atoms with Crippen LogP contribution in [0.2, 0.25) is 0 Å². The number of fused-ring (bicyclic) bond motifs is 1. The van der Waals surface area contributed by atoms with E-state index in [-0.39, 0.29) is 0 Å². The van der Waals surface area contributed by atoms with Gasteiger partial charge in [-0.15, -0.1) is 0 Å². The van der Waals surface area contributed by atoms with Crippen LogP contribution in [0.4, 0.5) is 0 Å². The largest absolute Gasteiger partial charge is 0.478 e. The van der Waals surface area contributed by atoms with Gasteiger partial charge in [0.25, 0.3) is 0 Å². The van der Waals surface area contributed by atoms with E-state index in [1.807, 2.05) is 0 Å². The zero-order chi connectivity index (χ0) is 15.9. The molecule has 0 amide bonds. The minimum Gasteiger partial charge on any atom is -0.478 e. The smallest absolute Gasteiger partial charge is 0.328 e. The number of carboxylic acids is 2. The summed E-state index contributed by atoms with van der Waals surface area (Å²) >= 11 is 0. The molecule has 2 aliphatic rings. The number of carboxylic acid groups (broad SMARTS) is 2. The maximum Gasteiger partial charge on any atom is 0.328 e. The SMILES string of the molecule is O=C(O)/C=C\C(=O)O.c1ccc2c(c1)CCN(CC1CO1)C2. The Morgan fingerprint density at radius 1 is 1.18 bits per heavy atom. The van der Waals surface area contributed by atoms with Crippen LogP contribution in [0, 0.1) is 0 Å². The standard InChI is InChI=1S/C12H15NO.C4H4O4/c1-2-4-11-7-13(8-12-9-14-12)6-5-10(11)3-1;5-3(6)1-2-4(7)8/h1-4,12H,5-9H2;1-2H,(H,5,6)(H,7,8)/b;2-1-. The molecule has 1 unspecified atom stereocenters. The molecule has 2 heterocycles. The molecular formula is C16H19NO5. The fourth-order valence-electron chi connectivity index (χ4n) is 2.31. The Morgan fingerprint density at radius 2 is 1.77 bits per heavy atom. The highest BCUT2D eigenvalue weighted by Gasteiger charge is 2.26. The average molecular weight is 305 g/mol. The maximum absolute atomic E-state index is 9.55. The molecule has 0 spiro atoms. The van der Waals surface area contributed by atoms with Crippen molar-refractivity contribution < 1.29 is 24.5 Å². The first-order chi connectivity index (χ1) is 10.5. The van der Waals surface area contributed by atoms with Gasteiger partial charge in [-0.2, -0.15) is 0 Å². The molecule has 0 saturated carbocycles. The van der Waals surface area contributed by atoms with Crippen LogP contribution < -0.4 is 0 Å². The van der Waals surface area contributed by atoms with Gasteiger partial charge < -0.3 is 14.9 Å². The van der Waals surface area contributed by atoms with Gasteiger partial charge in [-0.3, -0.25) is 4.90 Å². The van der Waals surface area contributed by atoms with E-state index in [9.17, 15) is 9.59 Å². The first kappa shape index (κ1) is 16.2. The van der Waals surface area contributed by atoms with Gasteiger partial charge in [-0.05, 0) is 17.5 Å². The van der Waals surface area contributed by atoms with Crippen molar-refractivity contribution in [2.24, 2.45) is 0 Å². The summed E-state index contributed by atoms with van der Waals surface area (Å²) in [6.45, 7) is 4.39. The van der Waals surface area contributed by atoms with E-state index in [1.165, 1.54) is 24.1 Å². The lowest BCUT2D eigenvalue weighted by molar-refractivity contribution is -0.134. The molecule has 22 heavy (non-hydrogen) atoms. The summed E-state index contributed by atoms with van der Waals surface area (Å²) in [5.41, 5.74) is 3.03. The van der Waals surface area contributed by atoms with Gasteiger partial charge in [-0.25, -0.2) is 9.59 Å². The molecule has 6 heteroatoms. The van der Waals surface area contributed by atoms with Gasteiger partial charge in [0.05, 0.1) is 12.7 Å². The van der Waals surface area contributed by atoms with E-state index in [4.69, 9.17) is 14.9 Å². The Bertz CT molecular complexity index is 549. The third kappa shape index (κ3) is 5.67. The van der Waals surface area contributed by atoms with E-state index in [1.54, 1.807) is 0 Å². The molecular weight excluding hydrogens is 286 g/mol. The maximum atomic E-state index is 9.55. The van der Waals surface area contributed by atoms with Gasteiger partial charge in [0.2, 0.25) is 0 Å². The molecule has 3 rings (SSSR count). The fourth-order valence-corrected chi connectivity index (χ4v) is 2.31. The Hall–Kier alpha value is -2.18. The Morgan fingerprint density at radius 3 is 2.32 bits per heavy atom. The van der Waals surface area contributed by atoms with Gasteiger partial charge in [0, 0.05) is 31.8 Å². The number of epoxide rings is 1. The molecule has 0 aliphatic carbocycles. The monoisotopic (exact) mass is 305 g/mol. The minimum absolute atomic E-state index is 0.528. The summed E-state index contributed by atoms with van der Waals surface area (Å²) in [6.07, 6.45) is 2.84. The first-order valence-corrected chi connectivity index (χ1v) is 7.09. The van der Waals surface area contributed by atoms with Crippen LogP contribution in [-0.4, -0.2) is 52.9 Å². The molecule has 1 fully saturated rings. The molecule has 2 N–H and O–H groups in total. The van der Waals surface area contributed by atoms with E-state index in [2.05, 4.69) is 29.2 Å². The summed E-state index contributed by atoms with van der Waals surface area (Å²) in [6, 6.07) is 8.77. The van der Waals surface area contributed by atoms with Crippen LogP contribution in [-0.2, 0) is 27.3 Å². The number of carbonyl (C=O) groups is 2. The number of ether oxygens (including phenoxy) is 1. The second-order valence-electron chi connectivity index (χ2n) is 5.22. The van der Waals surface area contributed by atoms with Crippen molar-refractivity contribution in [1.29, 1.82) is 0 Å². The van der Waals surface area contributed by atoms with Crippen molar-refractivity contribution in [2.45, 2.75) is 19.1 Å². The Balaban J connectivity index is 0.000000192. The lowest BCUT2D eigenvalue weighted by Gasteiger charge is -2.27.